The summed E-state index contributed by atoms with van der Waals surface area (Å²) in [6.45, 7) is 4.97. The number of hydrogen-bond acceptors (Lipinski definition) is 7. The third-order valence-electron chi connectivity index (χ3n) is 3.67. The van der Waals surface area contributed by atoms with Gasteiger partial charge in [0.15, 0.2) is 11.5 Å². The summed E-state index contributed by atoms with van der Waals surface area (Å²) >= 11 is 6.50. The fourth-order valence-electron chi connectivity index (χ4n) is 2.38. The van der Waals surface area contributed by atoms with Crippen LogP contribution >= 0.6 is 24.0 Å². The highest BCUT2D eigenvalue weighted by molar-refractivity contribution is 8.26. The van der Waals surface area contributed by atoms with E-state index in [0.717, 1.165) is 12.0 Å². The van der Waals surface area contributed by atoms with Crippen molar-refractivity contribution in [3.05, 3.63) is 28.7 Å². The predicted molar refractivity (Wildman–Crippen MR) is 110 cm³/mol. The maximum atomic E-state index is 12.6. The number of hydrogen-bond donors (Lipinski definition) is 0. The first-order valence-corrected chi connectivity index (χ1v) is 9.94. The first-order valence-electron chi connectivity index (χ1n) is 8.72. The first-order chi connectivity index (χ1) is 13.0. The molecule has 1 fully saturated rings. The van der Waals surface area contributed by atoms with Crippen LogP contribution in [-0.4, -0.2) is 48.0 Å². The Labute approximate surface area is 168 Å². The van der Waals surface area contributed by atoms with E-state index < -0.39 is 0 Å². The number of nitrogens with zero attached hydrogens (tertiary/aromatic N) is 1. The fourth-order valence-corrected chi connectivity index (χ4v) is 3.69. The number of thiocarbonyl (C=S) groups is 1. The molecule has 8 heteroatoms. The van der Waals surface area contributed by atoms with Crippen LogP contribution in [0.4, 0.5) is 0 Å². The van der Waals surface area contributed by atoms with Crippen LogP contribution in [0.2, 0.25) is 0 Å². The molecule has 0 saturated carbocycles. The van der Waals surface area contributed by atoms with E-state index in [0.29, 0.717) is 33.9 Å². The van der Waals surface area contributed by atoms with Crippen LogP contribution in [0.3, 0.4) is 0 Å². The molecule has 27 heavy (non-hydrogen) atoms. The third kappa shape index (κ3) is 5.71. The molecule has 0 atom stereocenters. The van der Waals surface area contributed by atoms with E-state index in [1.807, 2.05) is 19.9 Å². The van der Waals surface area contributed by atoms with Gasteiger partial charge < -0.3 is 14.2 Å². The average Bonchev–Trinajstić information content (AvgIpc) is 2.92. The van der Waals surface area contributed by atoms with Gasteiger partial charge in [-0.2, -0.15) is 0 Å². The Bertz CT molecular complexity index is 748. The Morgan fingerprint density at radius 3 is 2.74 bits per heavy atom. The summed E-state index contributed by atoms with van der Waals surface area (Å²) in [5, 5.41) is 0. The Morgan fingerprint density at radius 2 is 2.07 bits per heavy atom. The highest BCUT2D eigenvalue weighted by Gasteiger charge is 2.32. The van der Waals surface area contributed by atoms with E-state index >= 15 is 0 Å². The van der Waals surface area contributed by atoms with Gasteiger partial charge in [-0.3, -0.25) is 14.5 Å². The van der Waals surface area contributed by atoms with Gasteiger partial charge in [-0.1, -0.05) is 37.0 Å². The zero-order valence-corrected chi connectivity index (χ0v) is 17.3. The second-order valence-corrected chi connectivity index (χ2v) is 7.32. The quantitative estimate of drug-likeness (QED) is 0.350. The SMILES string of the molecule is CCCOC(=O)CCN1C(=O)/C(=C/c2ccc(OCC)c(OC)c2)SC1=S. The van der Waals surface area contributed by atoms with Gasteiger partial charge in [-0.15, -0.1) is 0 Å². The number of carbonyl (C=O) groups excluding carboxylic acids is 2. The minimum atomic E-state index is -0.328. The maximum absolute atomic E-state index is 12.6. The molecule has 146 valence electrons. The number of thioether (sulfide) groups is 1. The van der Waals surface area contributed by atoms with Gasteiger partial charge in [-0.25, -0.2) is 0 Å². The standard InChI is InChI=1S/C19H23NO5S2/c1-4-10-25-17(21)8-9-20-18(22)16(27-19(20)26)12-13-6-7-14(24-5-2)15(11-13)23-3/h6-7,11-12H,4-5,8-10H2,1-3H3/b16-12-. The van der Waals surface area contributed by atoms with Gasteiger partial charge in [0, 0.05) is 6.54 Å². The largest absolute Gasteiger partial charge is 0.493 e. The first kappa shape index (κ1) is 21.2. The second kappa shape index (κ2) is 10.3. The molecule has 6 nitrogen and oxygen atoms in total. The zero-order valence-electron chi connectivity index (χ0n) is 15.6. The lowest BCUT2D eigenvalue weighted by atomic mass is 10.2. The van der Waals surface area contributed by atoms with Crippen LogP contribution in [0, 0.1) is 0 Å². The van der Waals surface area contributed by atoms with Crippen molar-refractivity contribution in [2.24, 2.45) is 0 Å². The van der Waals surface area contributed by atoms with E-state index in [2.05, 4.69) is 0 Å². The van der Waals surface area contributed by atoms with Crippen molar-refractivity contribution in [1.82, 2.24) is 4.90 Å². The Hall–Kier alpha value is -2.06. The van der Waals surface area contributed by atoms with Crippen LogP contribution in [-0.2, 0) is 14.3 Å². The zero-order chi connectivity index (χ0) is 19.8. The molecule has 0 spiro atoms. The second-order valence-electron chi connectivity index (χ2n) is 5.65. The van der Waals surface area contributed by atoms with Crippen molar-refractivity contribution in [2.45, 2.75) is 26.7 Å². The molecular weight excluding hydrogens is 386 g/mol. The Morgan fingerprint density at radius 1 is 1.30 bits per heavy atom. The number of benzene rings is 1. The van der Waals surface area contributed by atoms with Crippen molar-refractivity contribution >= 4 is 46.3 Å². The smallest absolute Gasteiger partial charge is 0.307 e. The van der Waals surface area contributed by atoms with Gasteiger partial charge in [0.1, 0.15) is 4.32 Å². The number of rotatable bonds is 9. The number of esters is 1. The average molecular weight is 410 g/mol. The molecule has 1 heterocycles. The summed E-state index contributed by atoms with van der Waals surface area (Å²) in [5.74, 6) is 0.710. The summed E-state index contributed by atoms with van der Waals surface area (Å²) in [7, 11) is 1.57. The van der Waals surface area contributed by atoms with Crippen molar-refractivity contribution in [2.75, 3.05) is 26.9 Å². The Kier molecular flexibility index (Phi) is 8.12. The van der Waals surface area contributed by atoms with E-state index in [-0.39, 0.29) is 24.8 Å². The van der Waals surface area contributed by atoms with Crippen LogP contribution in [0.25, 0.3) is 6.08 Å². The summed E-state index contributed by atoms with van der Waals surface area (Å²) in [5.41, 5.74) is 0.804. The molecule has 1 aromatic rings. The minimum absolute atomic E-state index is 0.122. The molecular formula is C19H23NO5S2. The van der Waals surface area contributed by atoms with Crippen LogP contribution in [0.15, 0.2) is 23.1 Å². The number of ether oxygens (including phenoxy) is 3. The molecule has 1 aliphatic rings. The summed E-state index contributed by atoms with van der Waals surface area (Å²) < 4.78 is 16.3. The minimum Gasteiger partial charge on any atom is -0.493 e. The van der Waals surface area contributed by atoms with Crippen LogP contribution < -0.4 is 9.47 Å². The molecule has 1 saturated heterocycles. The highest BCUT2D eigenvalue weighted by Crippen LogP contribution is 2.34. The van der Waals surface area contributed by atoms with Gasteiger partial charge in [0.2, 0.25) is 0 Å². The molecule has 0 radical (unpaired) electrons. The molecule has 0 aliphatic carbocycles. The highest BCUT2D eigenvalue weighted by atomic mass is 32.2. The van der Waals surface area contributed by atoms with Crippen molar-refractivity contribution in [1.29, 1.82) is 0 Å². The lowest BCUT2D eigenvalue weighted by Gasteiger charge is -2.13. The number of carbonyl (C=O) groups is 2. The van der Waals surface area contributed by atoms with Crippen molar-refractivity contribution < 1.29 is 23.8 Å². The monoisotopic (exact) mass is 409 g/mol. The lowest BCUT2D eigenvalue weighted by Crippen LogP contribution is -2.30. The molecule has 1 aromatic carbocycles. The molecule has 2 rings (SSSR count). The van der Waals surface area contributed by atoms with E-state index in [1.165, 1.54) is 16.7 Å². The van der Waals surface area contributed by atoms with Crippen LogP contribution in [0.5, 0.6) is 11.5 Å². The van der Waals surface area contributed by atoms with Gasteiger partial charge >= 0.3 is 5.97 Å². The normalized spacial score (nSPS) is 15.4. The third-order valence-corrected chi connectivity index (χ3v) is 5.04. The van der Waals surface area contributed by atoms with Crippen LogP contribution in [0.1, 0.15) is 32.3 Å². The molecule has 0 N–H and O–H groups in total. The molecule has 1 amide bonds. The van der Waals surface area contributed by atoms with E-state index in [4.69, 9.17) is 26.4 Å². The summed E-state index contributed by atoms with van der Waals surface area (Å²) in [6.07, 6.45) is 2.64. The molecule has 0 aromatic heterocycles. The topological polar surface area (TPSA) is 65.1 Å². The molecule has 0 unspecified atom stereocenters. The Balaban J connectivity index is 2.08. The molecule has 0 bridgehead atoms. The van der Waals surface area contributed by atoms with E-state index in [1.54, 1.807) is 25.3 Å². The van der Waals surface area contributed by atoms with Gasteiger partial charge in [0.05, 0.1) is 31.6 Å². The number of methoxy groups -OCH3 is 1. The fraction of sp³-hybridized carbons (Fsp3) is 0.421. The van der Waals surface area contributed by atoms with E-state index in [9.17, 15) is 9.59 Å². The number of amides is 1. The maximum Gasteiger partial charge on any atom is 0.307 e. The lowest BCUT2D eigenvalue weighted by molar-refractivity contribution is -0.143. The summed E-state index contributed by atoms with van der Waals surface area (Å²) in [6, 6.07) is 5.46. The predicted octanol–water partition coefficient (Wildman–Crippen LogP) is 3.64. The van der Waals surface area contributed by atoms with Crippen molar-refractivity contribution in [3.8, 4) is 11.5 Å². The van der Waals surface area contributed by atoms with Crippen molar-refractivity contribution in [3.63, 3.8) is 0 Å². The summed E-state index contributed by atoms with van der Waals surface area (Å²) in [4.78, 5) is 26.2. The molecule has 1 aliphatic heterocycles. The van der Waals surface area contributed by atoms with Gasteiger partial charge in [0.25, 0.3) is 5.91 Å². The van der Waals surface area contributed by atoms with Gasteiger partial charge in [-0.05, 0) is 37.1 Å².